The molecule has 0 fully saturated rings. The quantitative estimate of drug-likeness (QED) is 0.570. The zero-order valence-corrected chi connectivity index (χ0v) is 14.4. The van der Waals surface area contributed by atoms with Gasteiger partial charge in [-0.3, -0.25) is 4.79 Å². The molecule has 0 spiro atoms. The highest BCUT2D eigenvalue weighted by atomic mass is 32.2. The Hall–Kier alpha value is -2.45. The van der Waals surface area contributed by atoms with Crippen LogP contribution in [0.4, 0.5) is 4.39 Å². The van der Waals surface area contributed by atoms with Gasteiger partial charge in [0.2, 0.25) is 10.0 Å². The number of aryl methyl sites for hydroxylation is 1. The second-order valence-corrected chi connectivity index (χ2v) is 6.90. The minimum Gasteiger partial charge on any atom is -0.487 e. The number of carbonyl (C=O) groups is 1. The predicted octanol–water partition coefficient (Wildman–Crippen LogP) is 2.03. The largest absolute Gasteiger partial charge is 0.487 e. The molecule has 8 heteroatoms. The van der Waals surface area contributed by atoms with Crippen molar-refractivity contribution < 1.29 is 27.1 Å². The van der Waals surface area contributed by atoms with Crippen LogP contribution in [0, 0.1) is 12.7 Å². The van der Waals surface area contributed by atoms with E-state index in [0.717, 1.165) is 5.56 Å². The molecule has 2 rings (SSSR count). The van der Waals surface area contributed by atoms with Crippen LogP contribution in [0.15, 0.2) is 53.4 Å². The van der Waals surface area contributed by atoms with Crippen LogP contribution >= 0.6 is 0 Å². The van der Waals surface area contributed by atoms with E-state index in [4.69, 9.17) is 9.47 Å². The highest BCUT2D eigenvalue weighted by Gasteiger charge is 2.15. The van der Waals surface area contributed by atoms with E-state index in [1.807, 2.05) is 6.92 Å². The molecule has 0 saturated carbocycles. The highest BCUT2D eigenvalue weighted by molar-refractivity contribution is 7.89. The van der Waals surface area contributed by atoms with E-state index in [1.165, 1.54) is 30.3 Å². The fourth-order valence-corrected chi connectivity index (χ4v) is 2.84. The molecule has 0 aliphatic carbocycles. The molecule has 0 aliphatic rings. The van der Waals surface area contributed by atoms with Gasteiger partial charge < -0.3 is 9.47 Å². The van der Waals surface area contributed by atoms with Crippen molar-refractivity contribution in [1.29, 1.82) is 0 Å². The topological polar surface area (TPSA) is 81.7 Å². The molecule has 0 heterocycles. The molecule has 2 aromatic rings. The van der Waals surface area contributed by atoms with Crippen molar-refractivity contribution in [3.05, 3.63) is 59.9 Å². The lowest BCUT2D eigenvalue weighted by Gasteiger charge is -2.09. The first-order chi connectivity index (χ1) is 11.9. The van der Waals surface area contributed by atoms with E-state index in [2.05, 4.69) is 4.72 Å². The molecule has 0 aliphatic heterocycles. The summed E-state index contributed by atoms with van der Waals surface area (Å²) in [6.45, 7) is 1.16. The minimum atomic E-state index is -3.78. The molecule has 6 nitrogen and oxygen atoms in total. The maximum Gasteiger partial charge on any atom is 0.321 e. The Morgan fingerprint density at radius 3 is 2.44 bits per heavy atom. The van der Waals surface area contributed by atoms with Crippen molar-refractivity contribution in [2.24, 2.45) is 0 Å². The van der Waals surface area contributed by atoms with Gasteiger partial charge in [0.1, 0.15) is 19.8 Å². The smallest absolute Gasteiger partial charge is 0.321 e. The second-order valence-electron chi connectivity index (χ2n) is 5.14. The molecule has 134 valence electrons. The molecule has 0 saturated heterocycles. The third-order valence-electron chi connectivity index (χ3n) is 3.18. The fraction of sp³-hybridized carbons (Fsp3) is 0.235. The first-order valence-electron chi connectivity index (χ1n) is 7.48. The van der Waals surface area contributed by atoms with Crippen molar-refractivity contribution in [1.82, 2.24) is 4.72 Å². The molecule has 1 N–H and O–H groups in total. The van der Waals surface area contributed by atoms with E-state index in [0.29, 0.717) is 0 Å². The molecule has 0 amide bonds. The summed E-state index contributed by atoms with van der Waals surface area (Å²) in [5.74, 6) is -1.22. The minimum absolute atomic E-state index is 0.0443. The molecule has 0 radical (unpaired) electrons. The van der Waals surface area contributed by atoms with Gasteiger partial charge >= 0.3 is 5.97 Å². The fourth-order valence-electron chi connectivity index (χ4n) is 1.87. The third kappa shape index (κ3) is 5.84. The number of hydrogen-bond acceptors (Lipinski definition) is 5. The maximum absolute atomic E-state index is 13.3. The normalized spacial score (nSPS) is 11.1. The Morgan fingerprint density at radius 1 is 1.08 bits per heavy atom. The lowest BCUT2D eigenvalue weighted by Crippen LogP contribution is -2.31. The molecule has 0 unspecified atom stereocenters. The van der Waals surface area contributed by atoms with Crippen molar-refractivity contribution in [3.63, 3.8) is 0 Å². The molecular weight excluding hydrogens is 349 g/mol. The number of hydrogen-bond donors (Lipinski definition) is 1. The van der Waals surface area contributed by atoms with Crippen LogP contribution < -0.4 is 9.46 Å². The van der Waals surface area contributed by atoms with Crippen LogP contribution in [0.1, 0.15) is 5.56 Å². The number of benzene rings is 2. The van der Waals surface area contributed by atoms with Gasteiger partial charge in [-0.25, -0.2) is 12.8 Å². The van der Waals surface area contributed by atoms with Crippen LogP contribution in [0.25, 0.3) is 0 Å². The summed E-state index contributed by atoms with van der Waals surface area (Å²) in [5.41, 5.74) is 0.924. The number of para-hydroxylation sites is 1. The Labute approximate surface area is 145 Å². The monoisotopic (exact) mass is 367 g/mol. The Morgan fingerprint density at radius 2 is 1.76 bits per heavy atom. The van der Waals surface area contributed by atoms with Crippen molar-refractivity contribution in [2.75, 3.05) is 19.8 Å². The van der Waals surface area contributed by atoms with Gasteiger partial charge in [0.15, 0.2) is 11.6 Å². The zero-order valence-electron chi connectivity index (χ0n) is 13.6. The maximum atomic E-state index is 13.3. The highest BCUT2D eigenvalue weighted by Crippen LogP contribution is 2.15. The van der Waals surface area contributed by atoms with E-state index >= 15 is 0 Å². The molecule has 0 bridgehead atoms. The van der Waals surface area contributed by atoms with E-state index in [1.54, 1.807) is 18.2 Å². The summed E-state index contributed by atoms with van der Waals surface area (Å²) in [6.07, 6.45) is 0. The molecular formula is C17H18FNO5S. The number of nitrogens with one attached hydrogen (secondary N) is 1. The lowest BCUT2D eigenvalue weighted by molar-refractivity contribution is -0.142. The van der Waals surface area contributed by atoms with Crippen LogP contribution in [-0.4, -0.2) is 34.1 Å². The Bertz CT molecular complexity index is 821. The second kappa shape index (κ2) is 8.59. The van der Waals surface area contributed by atoms with Gasteiger partial charge in [-0.1, -0.05) is 29.8 Å². The number of carbonyl (C=O) groups excluding carboxylic acids is 1. The number of halogens is 1. The number of esters is 1. The molecule has 2 aromatic carbocycles. The van der Waals surface area contributed by atoms with Crippen molar-refractivity contribution in [3.8, 4) is 5.75 Å². The van der Waals surface area contributed by atoms with Crippen molar-refractivity contribution >= 4 is 16.0 Å². The number of ether oxygens (including phenoxy) is 2. The summed E-state index contributed by atoms with van der Waals surface area (Å²) in [4.78, 5) is 11.6. The van der Waals surface area contributed by atoms with Gasteiger partial charge in [-0.2, -0.15) is 4.72 Å². The molecule has 0 atom stereocenters. The van der Waals surface area contributed by atoms with Crippen LogP contribution in [-0.2, 0) is 19.6 Å². The summed E-state index contributed by atoms with van der Waals surface area (Å²) in [7, 11) is -3.78. The predicted molar refractivity (Wildman–Crippen MR) is 89.2 cm³/mol. The Kier molecular flexibility index (Phi) is 6.49. The third-order valence-corrected chi connectivity index (χ3v) is 4.60. The number of sulfonamides is 1. The lowest BCUT2D eigenvalue weighted by atomic mass is 10.2. The summed E-state index contributed by atoms with van der Waals surface area (Å²) >= 11 is 0. The van der Waals surface area contributed by atoms with Crippen LogP contribution in [0.3, 0.4) is 0 Å². The van der Waals surface area contributed by atoms with E-state index in [-0.39, 0.29) is 23.9 Å². The van der Waals surface area contributed by atoms with Crippen molar-refractivity contribution in [2.45, 2.75) is 11.8 Å². The summed E-state index contributed by atoms with van der Waals surface area (Å²) < 4.78 is 49.5. The van der Waals surface area contributed by atoms with Gasteiger partial charge in [0, 0.05) is 0 Å². The van der Waals surface area contributed by atoms with Gasteiger partial charge in [0.05, 0.1) is 4.90 Å². The van der Waals surface area contributed by atoms with Gasteiger partial charge in [0.25, 0.3) is 0 Å². The van der Waals surface area contributed by atoms with Gasteiger partial charge in [-0.15, -0.1) is 0 Å². The first-order valence-corrected chi connectivity index (χ1v) is 8.96. The Balaban J connectivity index is 1.73. The summed E-state index contributed by atoms with van der Waals surface area (Å²) in [6, 6.07) is 12.1. The van der Waals surface area contributed by atoms with Crippen LogP contribution in [0.5, 0.6) is 5.75 Å². The molecule has 25 heavy (non-hydrogen) atoms. The SMILES string of the molecule is Cc1ccc(S(=O)(=O)NCC(=O)OCCOc2ccccc2F)cc1. The van der Waals surface area contributed by atoms with Crippen LogP contribution in [0.2, 0.25) is 0 Å². The van der Waals surface area contributed by atoms with E-state index < -0.39 is 28.4 Å². The average Bonchev–Trinajstić information content (AvgIpc) is 2.59. The van der Waals surface area contributed by atoms with E-state index in [9.17, 15) is 17.6 Å². The first kappa shape index (κ1) is 18.9. The zero-order chi connectivity index (χ0) is 18.3. The van der Waals surface area contributed by atoms with Gasteiger partial charge in [-0.05, 0) is 31.2 Å². The average molecular weight is 367 g/mol. The summed E-state index contributed by atoms with van der Waals surface area (Å²) in [5, 5.41) is 0. The standard InChI is InChI=1S/C17H18FNO5S/c1-13-6-8-14(9-7-13)25(21,22)19-12-17(20)24-11-10-23-16-5-3-2-4-15(16)18/h2-9,19H,10-12H2,1H3. The molecule has 0 aromatic heterocycles. The number of rotatable bonds is 8.